The van der Waals surface area contributed by atoms with Crippen LogP contribution in [0.5, 0.6) is 0 Å². The number of aromatic nitrogens is 3. The third-order valence-electron chi connectivity index (χ3n) is 11.9. The van der Waals surface area contributed by atoms with Gasteiger partial charge in [0, 0.05) is 36.9 Å². The molecule has 0 aliphatic heterocycles. The molecule has 0 spiro atoms. The summed E-state index contributed by atoms with van der Waals surface area (Å²) in [7, 11) is 0. The Morgan fingerprint density at radius 3 is 1.16 bits per heavy atom. The molecular weight excluding hydrogens is 759 g/mol. The van der Waals surface area contributed by atoms with E-state index >= 15 is 0 Å². The third-order valence-corrected chi connectivity index (χ3v) is 13.0. The van der Waals surface area contributed by atoms with Crippen molar-refractivity contribution in [2.45, 2.75) is 0 Å². The van der Waals surface area contributed by atoms with E-state index in [9.17, 15) is 0 Å². The van der Waals surface area contributed by atoms with Crippen LogP contribution in [0.1, 0.15) is 0 Å². The molecule has 0 saturated carbocycles. The fourth-order valence-electron chi connectivity index (χ4n) is 8.88. The molecule has 10 aromatic carbocycles. The van der Waals surface area contributed by atoms with Crippen molar-refractivity contribution in [3.05, 3.63) is 212 Å². The van der Waals surface area contributed by atoms with E-state index in [0.29, 0.717) is 17.5 Å². The summed E-state index contributed by atoms with van der Waals surface area (Å²) in [6.45, 7) is 0. The van der Waals surface area contributed by atoms with Crippen LogP contribution in [0.25, 0.3) is 120 Å². The van der Waals surface area contributed by atoms with Gasteiger partial charge >= 0.3 is 0 Å². The Balaban J connectivity index is 0.888. The zero-order chi connectivity index (χ0) is 40.3. The smallest absolute Gasteiger partial charge is 0.164 e. The van der Waals surface area contributed by atoms with Crippen molar-refractivity contribution in [2.24, 2.45) is 0 Å². The van der Waals surface area contributed by atoms with Gasteiger partial charge in [0.05, 0.1) is 0 Å². The molecule has 0 aliphatic carbocycles. The van der Waals surface area contributed by atoms with E-state index in [0.717, 1.165) is 27.8 Å². The summed E-state index contributed by atoms with van der Waals surface area (Å²) in [5.41, 5.74) is 9.93. The first-order valence-corrected chi connectivity index (χ1v) is 21.4. The maximum Gasteiger partial charge on any atom is 0.164 e. The normalized spacial score (nSPS) is 11.6. The van der Waals surface area contributed by atoms with Crippen LogP contribution < -0.4 is 0 Å². The number of nitrogens with zero attached hydrogens (tertiary/aromatic N) is 3. The Labute approximate surface area is 356 Å². The van der Waals surface area contributed by atoms with Crippen LogP contribution in [0.15, 0.2) is 212 Å². The second kappa shape index (κ2) is 14.5. The molecule has 2 heterocycles. The van der Waals surface area contributed by atoms with E-state index in [1.165, 1.54) is 74.7 Å². The van der Waals surface area contributed by atoms with E-state index in [2.05, 4.69) is 152 Å². The predicted octanol–water partition coefficient (Wildman–Crippen LogP) is 15.7. The Morgan fingerprint density at radius 1 is 0.213 bits per heavy atom. The minimum atomic E-state index is 0.645. The summed E-state index contributed by atoms with van der Waals surface area (Å²) < 4.78 is 2.58. The summed E-state index contributed by atoms with van der Waals surface area (Å²) in [4.78, 5) is 14.8. The molecule has 4 heteroatoms. The fourth-order valence-corrected chi connectivity index (χ4v) is 10.0. The molecule has 0 atom stereocenters. The lowest BCUT2D eigenvalue weighted by Crippen LogP contribution is -2.00. The van der Waals surface area contributed by atoms with Gasteiger partial charge in [0.2, 0.25) is 0 Å². The Kier molecular flexibility index (Phi) is 8.36. The summed E-state index contributed by atoms with van der Waals surface area (Å²) in [6, 6.07) is 76.0. The molecule has 0 bridgehead atoms. The first-order valence-electron chi connectivity index (χ1n) is 20.6. The maximum absolute atomic E-state index is 4.98. The molecule has 0 unspecified atom stereocenters. The Bertz CT molecular complexity index is 3560. The lowest BCUT2D eigenvalue weighted by Gasteiger charge is -2.12. The topological polar surface area (TPSA) is 38.7 Å². The number of rotatable bonds is 6. The highest BCUT2D eigenvalue weighted by molar-refractivity contribution is 7.25. The quantitative estimate of drug-likeness (QED) is 0.157. The molecule has 2 aromatic heterocycles. The minimum absolute atomic E-state index is 0.645. The maximum atomic E-state index is 4.98. The van der Waals surface area contributed by atoms with Crippen LogP contribution in [0.4, 0.5) is 0 Å². The summed E-state index contributed by atoms with van der Waals surface area (Å²) >= 11 is 1.86. The monoisotopic (exact) mass is 793 g/mol. The molecule has 12 rings (SSSR count). The van der Waals surface area contributed by atoms with Gasteiger partial charge in [-0.05, 0) is 102 Å². The zero-order valence-corrected chi connectivity index (χ0v) is 33.8. The molecule has 0 N–H and O–H groups in total. The second-order valence-electron chi connectivity index (χ2n) is 15.6. The van der Waals surface area contributed by atoms with Gasteiger partial charge in [-0.1, -0.05) is 176 Å². The van der Waals surface area contributed by atoms with Crippen LogP contribution in [0, 0.1) is 0 Å². The number of thiophene rings is 1. The lowest BCUT2D eigenvalue weighted by atomic mass is 9.92. The number of hydrogen-bond acceptors (Lipinski definition) is 4. The van der Waals surface area contributed by atoms with Gasteiger partial charge in [-0.15, -0.1) is 11.3 Å². The predicted molar refractivity (Wildman–Crippen MR) is 258 cm³/mol. The fraction of sp³-hybridized carbons (Fsp3) is 0. The van der Waals surface area contributed by atoms with Crippen LogP contribution in [-0.2, 0) is 0 Å². The second-order valence-corrected chi connectivity index (χ2v) is 16.7. The molecule has 0 saturated heterocycles. The molecule has 0 amide bonds. The zero-order valence-electron chi connectivity index (χ0n) is 33.0. The van der Waals surface area contributed by atoms with Gasteiger partial charge in [-0.3, -0.25) is 0 Å². The standard InChI is InChI=1S/C57H35N3S/c1-3-13-36(14-4-1)55-58-56(37-15-5-2-6-16-37)60-57(59-55)44-20-12-19-40(32-44)38-17-11-18-39(31-38)43-26-29-50-52-34-42(27-30-53(52)61-54(50)35-43)41-25-28-49-47-23-8-7-21-45(47)46-22-9-10-24-48(46)51(49)33-41/h1-35H. The summed E-state index contributed by atoms with van der Waals surface area (Å²) in [6.07, 6.45) is 0. The molecule has 12 aromatic rings. The summed E-state index contributed by atoms with van der Waals surface area (Å²) in [5.74, 6) is 1.95. The number of hydrogen-bond donors (Lipinski definition) is 0. The highest BCUT2D eigenvalue weighted by atomic mass is 32.1. The van der Waals surface area contributed by atoms with Gasteiger partial charge in [-0.2, -0.15) is 0 Å². The Hall–Kier alpha value is -7.79. The van der Waals surface area contributed by atoms with Crippen molar-refractivity contribution in [2.75, 3.05) is 0 Å². The van der Waals surface area contributed by atoms with Gasteiger partial charge in [0.25, 0.3) is 0 Å². The van der Waals surface area contributed by atoms with Gasteiger partial charge < -0.3 is 0 Å². The lowest BCUT2D eigenvalue weighted by molar-refractivity contribution is 1.07. The Morgan fingerprint density at radius 2 is 0.590 bits per heavy atom. The van der Waals surface area contributed by atoms with Crippen LogP contribution >= 0.6 is 11.3 Å². The third kappa shape index (κ3) is 6.24. The highest BCUT2D eigenvalue weighted by Gasteiger charge is 2.15. The largest absolute Gasteiger partial charge is 0.208 e. The summed E-state index contributed by atoms with van der Waals surface area (Å²) in [5, 5.41) is 10.4. The van der Waals surface area contributed by atoms with Crippen molar-refractivity contribution >= 4 is 63.8 Å². The van der Waals surface area contributed by atoms with E-state index in [4.69, 9.17) is 15.0 Å². The molecular formula is C57H35N3S. The van der Waals surface area contributed by atoms with E-state index in [-0.39, 0.29) is 0 Å². The number of benzene rings is 10. The first-order chi connectivity index (χ1) is 30.2. The van der Waals surface area contributed by atoms with Gasteiger partial charge in [0.15, 0.2) is 17.5 Å². The van der Waals surface area contributed by atoms with E-state index in [1.807, 2.05) is 72.0 Å². The van der Waals surface area contributed by atoms with Gasteiger partial charge in [-0.25, -0.2) is 15.0 Å². The molecule has 0 fully saturated rings. The van der Waals surface area contributed by atoms with Crippen molar-refractivity contribution in [3.8, 4) is 67.5 Å². The van der Waals surface area contributed by atoms with E-state index in [1.54, 1.807) is 0 Å². The molecule has 61 heavy (non-hydrogen) atoms. The molecule has 3 nitrogen and oxygen atoms in total. The van der Waals surface area contributed by atoms with Gasteiger partial charge in [0.1, 0.15) is 0 Å². The molecule has 0 radical (unpaired) electrons. The average molecular weight is 794 g/mol. The molecule has 284 valence electrons. The van der Waals surface area contributed by atoms with Crippen LogP contribution in [0.3, 0.4) is 0 Å². The van der Waals surface area contributed by atoms with Crippen molar-refractivity contribution in [3.63, 3.8) is 0 Å². The SMILES string of the molecule is c1ccc(-c2nc(-c3ccccc3)nc(-c3cccc(-c4cccc(-c5ccc6c(c5)sc5ccc(-c7ccc8c9ccccc9c9ccccc9c8c7)cc56)c4)c3)n2)cc1. The van der Waals surface area contributed by atoms with Crippen LogP contribution in [0.2, 0.25) is 0 Å². The van der Waals surface area contributed by atoms with Crippen LogP contribution in [-0.4, -0.2) is 15.0 Å². The first kappa shape index (κ1) is 35.2. The van der Waals surface area contributed by atoms with Crippen molar-refractivity contribution in [1.29, 1.82) is 0 Å². The number of fused-ring (bicyclic) bond motifs is 9. The minimum Gasteiger partial charge on any atom is -0.208 e. The van der Waals surface area contributed by atoms with Crippen molar-refractivity contribution < 1.29 is 0 Å². The highest BCUT2D eigenvalue weighted by Crippen LogP contribution is 2.41. The average Bonchev–Trinajstić information content (AvgIpc) is 3.72. The van der Waals surface area contributed by atoms with Crippen molar-refractivity contribution in [1.82, 2.24) is 15.0 Å². The molecule has 0 aliphatic rings. The van der Waals surface area contributed by atoms with E-state index < -0.39 is 0 Å².